The fourth-order valence-electron chi connectivity index (χ4n) is 3.22. The Labute approximate surface area is 176 Å². The molecule has 31 heavy (non-hydrogen) atoms. The predicted octanol–water partition coefficient (Wildman–Crippen LogP) is 3.63. The Balaban J connectivity index is 1.92. The van der Waals surface area contributed by atoms with Gasteiger partial charge in [0.1, 0.15) is 17.1 Å². The lowest BCUT2D eigenvalue weighted by atomic mass is 10.1. The third kappa shape index (κ3) is 4.50. The minimum Gasteiger partial charge on any atom is -0.496 e. The van der Waals surface area contributed by atoms with Gasteiger partial charge in [0.05, 0.1) is 35.3 Å². The molecule has 0 aliphatic heterocycles. The van der Waals surface area contributed by atoms with Crippen LogP contribution in [0, 0.1) is 34.1 Å². The Morgan fingerprint density at radius 3 is 2.45 bits per heavy atom. The molecule has 0 aliphatic carbocycles. The lowest BCUT2D eigenvalue weighted by Crippen LogP contribution is -2.16. The highest BCUT2D eigenvalue weighted by Crippen LogP contribution is 2.27. The molecule has 0 saturated heterocycles. The zero-order chi connectivity index (χ0) is 22.7. The summed E-state index contributed by atoms with van der Waals surface area (Å²) < 4.78 is 6.53. The average Bonchev–Trinajstić information content (AvgIpc) is 3.01. The van der Waals surface area contributed by atoms with Crippen molar-refractivity contribution in [1.82, 2.24) is 9.78 Å². The molecule has 160 valence electrons. The largest absolute Gasteiger partial charge is 0.496 e. The first-order valence-corrected chi connectivity index (χ1v) is 9.12. The molecule has 1 aromatic heterocycles. The number of carbonyl (C=O) groups excluding carboxylic acids is 1. The normalized spacial score (nSPS) is 10.5. The summed E-state index contributed by atoms with van der Waals surface area (Å²) in [6, 6.07) is 10.7. The molecule has 0 atom stereocenters. The van der Waals surface area contributed by atoms with Crippen molar-refractivity contribution < 1.29 is 19.4 Å². The van der Waals surface area contributed by atoms with Gasteiger partial charge >= 0.3 is 5.69 Å². The van der Waals surface area contributed by atoms with Gasteiger partial charge in [-0.15, -0.1) is 0 Å². The number of amides is 1. The Morgan fingerprint density at radius 2 is 1.84 bits per heavy atom. The number of non-ortho nitro benzene ring substituents is 1. The third-order valence-electron chi connectivity index (χ3n) is 4.70. The first-order valence-electron chi connectivity index (χ1n) is 9.12. The maximum absolute atomic E-state index is 12.9. The monoisotopic (exact) mass is 425 g/mol. The summed E-state index contributed by atoms with van der Waals surface area (Å²) in [6.07, 6.45) is 0. The lowest BCUT2D eigenvalue weighted by Gasteiger charge is -2.12. The molecule has 11 nitrogen and oxygen atoms in total. The smallest absolute Gasteiger partial charge is 0.312 e. The zero-order valence-electron chi connectivity index (χ0n) is 17.0. The van der Waals surface area contributed by atoms with Crippen LogP contribution in [0.2, 0.25) is 0 Å². The zero-order valence-corrected chi connectivity index (χ0v) is 17.0. The Morgan fingerprint density at radius 1 is 1.13 bits per heavy atom. The number of ether oxygens (including phenoxy) is 1. The van der Waals surface area contributed by atoms with E-state index < -0.39 is 15.8 Å². The van der Waals surface area contributed by atoms with Crippen molar-refractivity contribution in [1.29, 1.82) is 0 Å². The summed E-state index contributed by atoms with van der Waals surface area (Å²) in [7, 11) is 1.37. The van der Waals surface area contributed by atoms with Gasteiger partial charge in [0.2, 0.25) is 0 Å². The Bertz CT molecular complexity index is 1190. The molecule has 1 N–H and O–H groups in total. The summed E-state index contributed by atoms with van der Waals surface area (Å²) in [6.45, 7) is 3.29. The Kier molecular flexibility index (Phi) is 5.95. The van der Waals surface area contributed by atoms with Gasteiger partial charge in [-0.25, -0.2) is 0 Å². The van der Waals surface area contributed by atoms with Gasteiger partial charge in [-0.3, -0.25) is 29.7 Å². The SMILES string of the molecule is COc1cc(NC(=O)c2ccccc2Cn2nc(C)c([N+](=O)[O-])c2C)cc([N+](=O)[O-])c1. The standard InChI is InChI=1S/C20H19N5O6/c1-12-19(25(29)30)13(2)23(22-12)11-14-6-4-5-7-18(14)20(26)21-15-8-16(24(27)28)10-17(9-15)31-3/h4-10H,11H2,1-3H3,(H,21,26). The summed E-state index contributed by atoms with van der Waals surface area (Å²) in [5.74, 6) is -0.262. The number of anilines is 1. The number of aromatic nitrogens is 2. The molecule has 11 heteroatoms. The van der Waals surface area contributed by atoms with Crippen LogP contribution in [0.5, 0.6) is 5.75 Å². The van der Waals surface area contributed by atoms with Crippen LogP contribution in [0.3, 0.4) is 0 Å². The minimum atomic E-state index is -0.581. The van der Waals surface area contributed by atoms with Crippen molar-refractivity contribution in [2.24, 2.45) is 0 Å². The van der Waals surface area contributed by atoms with E-state index in [0.29, 0.717) is 16.8 Å². The number of aryl methyl sites for hydroxylation is 1. The van der Waals surface area contributed by atoms with Crippen LogP contribution in [-0.4, -0.2) is 32.6 Å². The van der Waals surface area contributed by atoms with Crippen LogP contribution in [0.15, 0.2) is 42.5 Å². The van der Waals surface area contributed by atoms with Crippen molar-refractivity contribution in [3.05, 3.63) is 85.2 Å². The molecule has 3 rings (SSSR count). The number of benzene rings is 2. The second-order valence-corrected chi connectivity index (χ2v) is 6.72. The topological polar surface area (TPSA) is 142 Å². The van der Waals surface area contributed by atoms with Crippen LogP contribution >= 0.6 is 0 Å². The van der Waals surface area contributed by atoms with Gasteiger partial charge in [-0.1, -0.05) is 18.2 Å². The van der Waals surface area contributed by atoms with Gasteiger partial charge in [0.25, 0.3) is 11.6 Å². The Hall–Kier alpha value is -4.28. The molecule has 1 amide bonds. The van der Waals surface area contributed by atoms with Crippen LogP contribution in [-0.2, 0) is 6.54 Å². The summed E-state index contributed by atoms with van der Waals surface area (Å²) in [5, 5.41) is 29.2. The molecule has 3 aromatic rings. The van der Waals surface area contributed by atoms with Crippen LogP contribution in [0.1, 0.15) is 27.3 Å². The molecule has 0 aliphatic rings. The number of hydrogen-bond acceptors (Lipinski definition) is 7. The van der Waals surface area contributed by atoms with Crippen molar-refractivity contribution in [3.63, 3.8) is 0 Å². The van der Waals surface area contributed by atoms with Crippen molar-refractivity contribution in [2.45, 2.75) is 20.4 Å². The number of hydrogen-bond donors (Lipinski definition) is 1. The minimum absolute atomic E-state index is 0.0642. The van der Waals surface area contributed by atoms with Gasteiger partial charge < -0.3 is 10.1 Å². The first kappa shape index (κ1) is 21.4. The molecule has 0 fully saturated rings. The highest BCUT2D eigenvalue weighted by atomic mass is 16.6. The van der Waals surface area contributed by atoms with Crippen LogP contribution < -0.4 is 10.1 Å². The van der Waals surface area contributed by atoms with E-state index >= 15 is 0 Å². The lowest BCUT2D eigenvalue weighted by molar-refractivity contribution is -0.386. The quantitative estimate of drug-likeness (QED) is 0.450. The summed E-state index contributed by atoms with van der Waals surface area (Å²) in [4.78, 5) is 34.2. The van der Waals surface area contributed by atoms with E-state index in [1.54, 1.807) is 38.1 Å². The summed E-state index contributed by atoms with van der Waals surface area (Å²) >= 11 is 0. The van der Waals surface area contributed by atoms with Crippen molar-refractivity contribution in [3.8, 4) is 5.75 Å². The van der Waals surface area contributed by atoms with E-state index in [1.807, 2.05) is 0 Å². The predicted molar refractivity (Wildman–Crippen MR) is 112 cm³/mol. The number of nitrogens with zero attached hydrogens (tertiary/aromatic N) is 4. The van der Waals surface area contributed by atoms with Crippen LogP contribution in [0.25, 0.3) is 0 Å². The number of methoxy groups -OCH3 is 1. The van der Waals surface area contributed by atoms with Gasteiger partial charge in [0, 0.05) is 17.7 Å². The maximum atomic E-state index is 12.9. The average molecular weight is 425 g/mol. The molecule has 0 radical (unpaired) electrons. The third-order valence-corrected chi connectivity index (χ3v) is 4.70. The molecule has 0 bridgehead atoms. The molecular weight excluding hydrogens is 406 g/mol. The number of nitro groups is 2. The van der Waals surface area contributed by atoms with Crippen molar-refractivity contribution in [2.75, 3.05) is 12.4 Å². The molecule has 0 spiro atoms. The van der Waals surface area contributed by atoms with E-state index in [1.165, 1.54) is 30.0 Å². The number of carbonyl (C=O) groups is 1. The number of nitro benzene ring substituents is 1. The van der Waals surface area contributed by atoms with E-state index in [2.05, 4.69) is 10.4 Å². The van der Waals surface area contributed by atoms with Crippen LogP contribution in [0.4, 0.5) is 17.1 Å². The van der Waals surface area contributed by atoms with E-state index in [4.69, 9.17) is 4.74 Å². The highest BCUT2D eigenvalue weighted by Gasteiger charge is 2.23. The fourth-order valence-corrected chi connectivity index (χ4v) is 3.22. The van der Waals surface area contributed by atoms with Crippen molar-refractivity contribution >= 4 is 23.0 Å². The molecule has 0 saturated carbocycles. The van der Waals surface area contributed by atoms with Gasteiger partial charge in [0.15, 0.2) is 0 Å². The van der Waals surface area contributed by atoms with Gasteiger partial charge in [-0.05, 0) is 25.5 Å². The number of rotatable bonds is 7. The van der Waals surface area contributed by atoms with E-state index in [-0.39, 0.29) is 35.1 Å². The second kappa shape index (κ2) is 8.61. The van der Waals surface area contributed by atoms with E-state index in [9.17, 15) is 25.0 Å². The van der Waals surface area contributed by atoms with Gasteiger partial charge in [-0.2, -0.15) is 5.10 Å². The molecular formula is C20H19N5O6. The summed E-state index contributed by atoms with van der Waals surface area (Å²) in [5.41, 5.74) is 1.46. The fraction of sp³-hybridized carbons (Fsp3) is 0.200. The molecule has 1 heterocycles. The van der Waals surface area contributed by atoms with E-state index in [0.717, 1.165) is 0 Å². The highest BCUT2D eigenvalue weighted by molar-refractivity contribution is 6.05. The number of nitrogens with one attached hydrogen (secondary N) is 1. The first-order chi connectivity index (χ1) is 14.7. The maximum Gasteiger partial charge on any atom is 0.312 e. The molecule has 0 unspecified atom stereocenters. The second-order valence-electron chi connectivity index (χ2n) is 6.72. The molecule has 2 aromatic carbocycles.